The van der Waals surface area contributed by atoms with Gasteiger partial charge in [0.05, 0.1) is 25.3 Å². The van der Waals surface area contributed by atoms with E-state index < -0.39 is 6.10 Å². The number of aliphatic hydroxyl groups excluding tert-OH is 1. The van der Waals surface area contributed by atoms with Crippen LogP contribution in [0.15, 0.2) is 55.2 Å². The van der Waals surface area contributed by atoms with E-state index in [4.69, 9.17) is 4.74 Å². The lowest BCUT2D eigenvalue weighted by atomic mass is 10.2. The van der Waals surface area contributed by atoms with E-state index in [2.05, 4.69) is 32.1 Å². The van der Waals surface area contributed by atoms with Crippen LogP contribution in [0.25, 0.3) is 0 Å². The van der Waals surface area contributed by atoms with Crippen LogP contribution in [0.1, 0.15) is 11.3 Å². The summed E-state index contributed by atoms with van der Waals surface area (Å²) >= 11 is 0. The third-order valence-corrected chi connectivity index (χ3v) is 4.35. The van der Waals surface area contributed by atoms with E-state index in [9.17, 15) is 5.11 Å². The number of nitrogens with zero attached hydrogens (tertiary/aromatic N) is 4. The second-order valence-electron chi connectivity index (χ2n) is 6.35. The van der Waals surface area contributed by atoms with Crippen LogP contribution < -0.4 is 4.74 Å². The van der Waals surface area contributed by atoms with Gasteiger partial charge in [-0.25, -0.2) is 4.98 Å². The van der Waals surface area contributed by atoms with Gasteiger partial charge in [-0.05, 0) is 5.56 Å². The van der Waals surface area contributed by atoms with Crippen LogP contribution in [0.3, 0.4) is 0 Å². The molecule has 7 nitrogen and oxygen atoms in total. The van der Waals surface area contributed by atoms with Crippen molar-refractivity contribution >= 4 is 0 Å². The zero-order valence-corrected chi connectivity index (χ0v) is 13.8. The molecule has 130 valence electrons. The summed E-state index contributed by atoms with van der Waals surface area (Å²) < 4.78 is 7.80. The molecule has 3 heterocycles. The van der Waals surface area contributed by atoms with E-state index in [0.717, 1.165) is 12.2 Å². The van der Waals surface area contributed by atoms with Gasteiger partial charge in [0.2, 0.25) is 0 Å². The minimum absolute atomic E-state index is 0.253. The number of benzene rings is 1. The summed E-state index contributed by atoms with van der Waals surface area (Å²) in [7, 11) is 0. The van der Waals surface area contributed by atoms with Crippen molar-refractivity contribution in [1.29, 1.82) is 0 Å². The van der Waals surface area contributed by atoms with Crippen molar-refractivity contribution in [2.75, 3.05) is 13.1 Å². The van der Waals surface area contributed by atoms with Crippen molar-refractivity contribution in [3.63, 3.8) is 0 Å². The van der Waals surface area contributed by atoms with E-state index in [1.807, 2.05) is 29.1 Å². The zero-order chi connectivity index (χ0) is 17.1. The van der Waals surface area contributed by atoms with E-state index >= 15 is 0 Å². The number of aromatic amines is 1. The van der Waals surface area contributed by atoms with Gasteiger partial charge in [0, 0.05) is 31.5 Å². The quantitative estimate of drug-likeness (QED) is 0.707. The van der Waals surface area contributed by atoms with Gasteiger partial charge in [-0.15, -0.1) is 0 Å². The molecular weight excluding hydrogens is 318 g/mol. The molecule has 0 bridgehead atoms. The molecule has 0 unspecified atom stereocenters. The molecule has 0 radical (unpaired) electrons. The highest BCUT2D eigenvalue weighted by molar-refractivity contribution is 5.18. The van der Waals surface area contributed by atoms with Crippen molar-refractivity contribution in [1.82, 2.24) is 24.6 Å². The molecule has 25 heavy (non-hydrogen) atoms. The van der Waals surface area contributed by atoms with Crippen molar-refractivity contribution in [2.24, 2.45) is 0 Å². The summed E-state index contributed by atoms with van der Waals surface area (Å²) in [6.07, 6.45) is 6.27. The third kappa shape index (κ3) is 3.89. The van der Waals surface area contributed by atoms with Crippen molar-refractivity contribution in [3.05, 3.63) is 66.5 Å². The normalized spacial score (nSPS) is 20.8. The van der Waals surface area contributed by atoms with E-state index in [0.29, 0.717) is 25.4 Å². The van der Waals surface area contributed by atoms with Crippen LogP contribution in [0.4, 0.5) is 0 Å². The molecule has 1 saturated heterocycles. The van der Waals surface area contributed by atoms with Gasteiger partial charge in [-0.3, -0.25) is 9.58 Å². The number of aromatic nitrogens is 4. The largest absolute Gasteiger partial charge is 0.483 e. The zero-order valence-electron chi connectivity index (χ0n) is 13.8. The van der Waals surface area contributed by atoms with Gasteiger partial charge in [0.15, 0.2) is 5.75 Å². The SMILES string of the molecule is O[C@@H]1CN(Cc2cnc[nH]2)C[C@H]1Oc1cnn(Cc2ccccc2)c1. The minimum atomic E-state index is -0.514. The van der Waals surface area contributed by atoms with Gasteiger partial charge in [-0.1, -0.05) is 30.3 Å². The molecule has 1 aliphatic rings. The molecule has 2 aromatic heterocycles. The number of nitrogens with one attached hydrogen (secondary N) is 1. The fourth-order valence-corrected chi connectivity index (χ4v) is 3.13. The van der Waals surface area contributed by atoms with E-state index in [1.54, 1.807) is 18.7 Å². The van der Waals surface area contributed by atoms with Crippen LogP contribution in [-0.4, -0.2) is 55.1 Å². The number of H-pyrrole nitrogens is 1. The molecule has 1 aliphatic heterocycles. The minimum Gasteiger partial charge on any atom is -0.483 e. The molecule has 0 amide bonds. The molecule has 7 heteroatoms. The molecule has 0 spiro atoms. The lowest BCUT2D eigenvalue weighted by Gasteiger charge is -2.15. The fraction of sp³-hybridized carbons (Fsp3) is 0.333. The van der Waals surface area contributed by atoms with E-state index in [-0.39, 0.29) is 6.10 Å². The Labute approximate surface area is 145 Å². The lowest BCUT2D eigenvalue weighted by molar-refractivity contribution is 0.0736. The Morgan fingerprint density at radius 1 is 1.16 bits per heavy atom. The maximum absolute atomic E-state index is 10.3. The number of hydrogen-bond donors (Lipinski definition) is 2. The van der Waals surface area contributed by atoms with Crippen molar-refractivity contribution < 1.29 is 9.84 Å². The molecule has 0 aliphatic carbocycles. The number of aliphatic hydroxyl groups is 1. The number of rotatable bonds is 6. The summed E-state index contributed by atoms with van der Waals surface area (Å²) in [5.41, 5.74) is 2.22. The van der Waals surface area contributed by atoms with Gasteiger partial charge in [-0.2, -0.15) is 5.10 Å². The van der Waals surface area contributed by atoms with Crippen LogP contribution >= 0.6 is 0 Å². The maximum Gasteiger partial charge on any atom is 0.157 e. The lowest BCUT2D eigenvalue weighted by Crippen LogP contribution is -2.29. The number of imidazole rings is 1. The smallest absolute Gasteiger partial charge is 0.157 e. The van der Waals surface area contributed by atoms with Gasteiger partial charge < -0.3 is 14.8 Å². The highest BCUT2D eigenvalue weighted by Crippen LogP contribution is 2.20. The van der Waals surface area contributed by atoms with Crippen LogP contribution in [0.2, 0.25) is 0 Å². The highest BCUT2D eigenvalue weighted by Gasteiger charge is 2.33. The summed E-state index contributed by atoms with van der Waals surface area (Å²) in [6.45, 7) is 2.68. The molecule has 3 aromatic rings. The Kier molecular flexibility index (Phi) is 4.49. The first-order valence-corrected chi connectivity index (χ1v) is 8.37. The van der Waals surface area contributed by atoms with Crippen LogP contribution in [-0.2, 0) is 13.1 Å². The van der Waals surface area contributed by atoms with E-state index in [1.165, 1.54) is 5.56 Å². The molecule has 0 saturated carbocycles. The average Bonchev–Trinajstić information content (AvgIpc) is 3.33. The van der Waals surface area contributed by atoms with Crippen LogP contribution in [0.5, 0.6) is 5.75 Å². The Balaban J connectivity index is 1.34. The Morgan fingerprint density at radius 3 is 2.84 bits per heavy atom. The first kappa shape index (κ1) is 15.9. The molecular formula is C18H21N5O2. The Morgan fingerprint density at radius 2 is 2.04 bits per heavy atom. The standard InChI is InChI=1S/C18H21N5O2/c24-17-11-22(9-15-6-19-13-20-15)12-18(17)25-16-7-21-23(10-16)8-14-4-2-1-3-5-14/h1-7,10,13,17-18,24H,8-9,11-12H2,(H,19,20)/t17-,18-/m1/s1. The fourth-order valence-electron chi connectivity index (χ4n) is 3.13. The molecule has 1 fully saturated rings. The summed E-state index contributed by atoms with van der Waals surface area (Å²) in [5, 5.41) is 14.6. The first-order valence-electron chi connectivity index (χ1n) is 8.37. The highest BCUT2D eigenvalue weighted by atomic mass is 16.5. The van der Waals surface area contributed by atoms with Crippen LogP contribution in [0, 0.1) is 0 Å². The number of β-amino-alcohol motifs (C(OH)–C–C–N with tert-alkyl or cyclic N) is 1. The number of likely N-dealkylation sites (tertiary alicyclic amines) is 1. The van der Waals surface area contributed by atoms with Gasteiger partial charge >= 0.3 is 0 Å². The molecule has 2 atom stereocenters. The van der Waals surface area contributed by atoms with Gasteiger partial charge in [0.25, 0.3) is 0 Å². The Bertz CT molecular complexity index is 787. The van der Waals surface area contributed by atoms with Crippen molar-refractivity contribution in [2.45, 2.75) is 25.3 Å². The summed E-state index contributed by atoms with van der Waals surface area (Å²) in [4.78, 5) is 9.25. The second kappa shape index (κ2) is 7.08. The average molecular weight is 339 g/mol. The molecule has 1 aromatic carbocycles. The third-order valence-electron chi connectivity index (χ3n) is 4.35. The van der Waals surface area contributed by atoms with Gasteiger partial charge in [0.1, 0.15) is 12.2 Å². The molecule has 2 N–H and O–H groups in total. The summed E-state index contributed by atoms with van der Waals surface area (Å²) in [5.74, 6) is 0.684. The predicted octanol–water partition coefficient (Wildman–Crippen LogP) is 1.28. The first-order chi connectivity index (χ1) is 12.3. The Hall–Kier alpha value is -2.64. The van der Waals surface area contributed by atoms with Crippen molar-refractivity contribution in [3.8, 4) is 5.75 Å². The maximum atomic E-state index is 10.3. The number of ether oxygens (including phenoxy) is 1. The predicted molar refractivity (Wildman–Crippen MR) is 92.1 cm³/mol. The number of hydrogen-bond acceptors (Lipinski definition) is 5. The monoisotopic (exact) mass is 339 g/mol. The molecule has 4 rings (SSSR count). The second-order valence-corrected chi connectivity index (χ2v) is 6.35. The summed E-state index contributed by atoms with van der Waals surface area (Å²) in [6, 6.07) is 10.2. The topological polar surface area (TPSA) is 79.2 Å².